The van der Waals surface area contributed by atoms with Gasteiger partial charge in [-0.2, -0.15) is 13.1 Å². The van der Waals surface area contributed by atoms with Crippen LogP contribution in [0.2, 0.25) is 0 Å². The fraction of sp³-hybridized carbons (Fsp3) is 0.778. The van der Waals surface area contributed by atoms with Gasteiger partial charge in [-0.1, -0.05) is 0 Å². The summed E-state index contributed by atoms with van der Waals surface area (Å²) in [6.07, 6.45) is -0.461. The largest absolute Gasteiger partial charge is 0.480 e. The van der Waals surface area contributed by atoms with E-state index in [0.717, 1.165) is 0 Å². The lowest BCUT2D eigenvalue weighted by Crippen LogP contribution is -2.44. The predicted molar refractivity (Wildman–Crippen MR) is 62.7 cm³/mol. The number of rotatable bonds is 6. The molecule has 1 atom stereocenters. The minimum Gasteiger partial charge on any atom is -0.480 e. The highest BCUT2D eigenvalue weighted by atomic mass is 32.2. The summed E-state index contributed by atoms with van der Waals surface area (Å²) in [5.41, 5.74) is -0.677. The second-order valence-corrected chi connectivity index (χ2v) is 6.00. The first-order valence-corrected chi connectivity index (χ1v) is 6.70. The van der Waals surface area contributed by atoms with Crippen molar-refractivity contribution in [1.82, 2.24) is 4.72 Å². The smallest absolute Gasteiger partial charge is 0.321 e. The molecule has 0 radical (unpaired) electrons. The van der Waals surface area contributed by atoms with Crippen LogP contribution in [-0.4, -0.2) is 37.1 Å². The van der Waals surface area contributed by atoms with Crippen molar-refractivity contribution in [2.75, 3.05) is 0 Å². The molecule has 0 aliphatic rings. The summed E-state index contributed by atoms with van der Waals surface area (Å²) in [4.78, 5) is 22.1. The molecule has 0 aromatic carbocycles. The average molecular weight is 282 g/mol. The fourth-order valence-electron chi connectivity index (χ4n) is 1.09. The molecule has 0 saturated heterocycles. The number of aliphatic carboxylic acids is 1. The van der Waals surface area contributed by atoms with E-state index in [4.69, 9.17) is 9.84 Å². The van der Waals surface area contributed by atoms with E-state index in [0.29, 0.717) is 0 Å². The Labute approximate surface area is 106 Å². The lowest BCUT2D eigenvalue weighted by Gasteiger charge is -2.20. The molecule has 0 aromatic rings. The molecule has 0 unspecified atom stereocenters. The van der Waals surface area contributed by atoms with Crippen LogP contribution in [-0.2, 0) is 24.5 Å². The Hall–Kier alpha value is -1.19. The van der Waals surface area contributed by atoms with Crippen LogP contribution < -0.4 is 9.86 Å². The maximum absolute atomic E-state index is 11.3. The first-order chi connectivity index (χ1) is 7.91. The van der Waals surface area contributed by atoms with E-state index in [1.807, 2.05) is 0 Å². The Balaban J connectivity index is 4.38. The number of carbonyl (C=O) groups is 2. The third-order valence-corrected chi connectivity index (χ3v) is 2.27. The van der Waals surface area contributed by atoms with Gasteiger partial charge in [0.15, 0.2) is 0 Å². The Morgan fingerprint density at radius 3 is 2.22 bits per heavy atom. The number of nitrogens with one attached hydrogen (secondary N) is 1. The van der Waals surface area contributed by atoms with E-state index in [1.54, 1.807) is 25.5 Å². The monoisotopic (exact) mass is 282 g/mol. The molecule has 0 spiro atoms. The van der Waals surface area contributed by atoms with Crippen molar-refractivity contribution in [2.45, 2.75) is 45.3 Å². The normalized spacial score (nSPS) is 14.0. The number of esters is 1. The molecule has 8 nitrogen and oxygen atoms in total. The van der Waals surface area contributed by atoms with E-state index in [1.165, 1.54) is 0 Å². The number of carbonyl (C=O) groups excluding carboxylic acids is 1. The number of nitrogens with two attached hydrogens (primary N) is 1. The minimum absolute atomic E-state index is 0.225. The van der Waals surface area contributed by atoms with Crippen molar-refractivity contribution in [1.29, 1.82) is 0 Å². The van der Waals surface area contributed by atoms with Crippen LogP contribution in [0.25, 0.3) is 0 Å². The van der Waals surface area contributed by atoms with E-state index in [2.05, 4.69) is 5.14 Å². The van der Waals surface area contributed by atoms with E-state index in [9.17, 15) is 18.0 Å². The zero-order valence-corrected chi connectivity index (χ0v) is 11.3. The molecule has 0 rings (SSSR count). The van der Waals surface area contributed by atoms with Crippen molar-refractivity contribution in [2.24, 2.45) is 5.14 Å². The molecular weight excluding hydrogens is 264 g/mol. The Kier molecular flexibility index (Phi) is 5.71. The molecule has 0 aromatic heterocycles. The number of carboxylic acids is 1. The molecule has 0 bridgehead atoms. The zero-order chi connectivity index (χ0) is 14.6. The van der Waals surface area contributed by atoms with Crippen LogP contribution in [0.15, 0.2) is 0 Å². The quantitative estimate of drug-likeness (QED) is 0.554. The molecule has 0 amide bonds. The van der Waals surface area contributed by atoms with Gasteiger partial charge in [0.25, 0.3) is 10.2 Å². The van der Waals surface area contributed by atoms with Crippen molar-refractivity contribution >= 4 is 22.1 Å². The van der Waals surface area contributed by atoms with Crippen LogP contribution in [0.3, 0.4) is 0 Å². The standard InChI is InChI=1S/C9H18N2O6S/c1-9(2,3)17-7(12)5-4-6(8(13)14)11-18(10,15)16/h6,11H,4-5H2,1-3H3,(H,13,14)(H2,10,15,16)/t6-/m1/s1. The average Bonchev–Trinajstić information content (AvgIpc) is 2.06. The first kappa shape index (κ1) is 16.8. The van der Waals surface area contributed by atoms with E-state index >= 15 is 0 Å². The summed E-state index contributed by atoms with van der Waals surface area (Å²) in [7, 11) is -4.13. The van der Waals surface area contributed by atoms with Crippen molar-refractivity contribution < 1.29 is 27.9 Å². The summed E-state index contributed by atoms with van der Waals surface area (Å²) < 4.78 is 28.1. The van der Waals surface area contributed by atoms with Crippen molar-refractivity contribution in [3.8, 4) is 0 Å². The van der Waals surface area contributed by atoms with E-state index in [-0.39, 0.29) is 12.8 Å². The van der Waals surface area contributed by atoms with Gasteiger partial charge >= 0.3 is 11.9 Å². The highest BCUT2D eigenvalue weighted by Gasteiger charge is 2.24. The Bertz CT molecular complexity index is 411. The summed E-state index contributed by atoms with van der Waals surface area (Å²) in [5.74, 6) is -2.02. The number of hydrogen-bond donors (Lipinski definition) is 3. The fourth-order valence-corrected chi connectivity index (χ4v) is 1.70. The van der Waals surface area contributed by atoms with Crippen LogP contribution in [0.1, 0.15) is 33.6 Å². The minimum atomic E-state index is -4.13. The maximum atomic E-state index is 11.3. The van der Waals surface area contributed by atoms with Gasteiger partial charge in [0.2, 0.25) is 0 Å². The molecule has 0 saturated carbocycles. The number of carboxylic acid groups (broad SMARTS) is 1. The van der Waals surface area contributed by atoms with Crippen LogP contribution in [0.5, 0.6) is 0 Å². The third kappa shape index (κ3) is 8.90. The van der Waals surface area contributed by atoms with Crippen molar-refractivity contribution in [3.05, 3.63) is 0 Å². The van der Waals surface area contributed by atoms with E-state index < -0.39 is 33.8 Å². The van der Waals surface area contributed by atoms with Gasteiger partial charge in [-0.25, -0.2) is 5.14 Å². The SMILES string of the molecule is CC(C)(C)OC(=O)CC[C@@H](NS(N)(=O)=O)C(=O)O. The number of ether oxygens (including phenoxy) is 1. The van der Waals surface area contributed by atoms with Gasteiger partial charge in [0.1, 0.15) is 11.6 Å². The highest BCUT2D eigenvalue weighted by Crippen LogP contribution is 2.10. The third-order valence-electron chi connectivity index (χ3n) is 1.66. The van der Waals surface area contributed by atoms with Crippen LogP contribution >= 0.6 is 0 Å². The molecule has 0 fully saturated rings. The molecule has 18 heavy (non-hydrogen) atoms. The molecule has 0 heterocycles. The molecule has 9 heteroatoms. The predicted octanol–water partition coefficient (Wildman–Crippen LogP) is -0.645. The molecular formula is C9H18N2O6S. The number of hydrogen-bond acceptors (Lipinski definition) is 5. The summed E-state index contributed by atoms with van der Waals surface area (Å²) in [6.45, 7) is 5.01. The van der Waals surface area contributed by atoms with Crippen LogP contribution in [0.4, 0.5) is 0 Å². The lowest BCUT2D eigenvalue weighted by molar-refractivity contribution is -0.155. The van der Waals surface area contributed by atoms with Crippen LogP contribution in [0, 0.1) is 0 Å². The molecule has 0 aliphatic carbocycles. The maximum Gasteiger partial charge on any atom is 0.321 e. The summed E-state index contributed by atoms with van der Waals surface area (Å²) in [6, 6.07) is -1.45. The topological polar surface area (TPSA) is 136 Å². The molecule has 0 aliphatic heterocycles. The first-order valence-electron chi connectivity index (χ1n) is 5.15. The Morgan fingerprint density at radius 2 is 1.89 bits per heavy atom. The summed E-state index contributed by atoms with van der Waals surface area (Å²) >= 11 is 0. The highest BCUT2D eigenvalue weighted by molar-refractivity contribution is 7.87. The van der Waals surface area contributed by atoms with Gasteiger partial charge in [0, 0.05) is 6.42 Å². The van der Waals surface area contributed by atoms with Gasteiger partial charge in [-0.05, 0) is 27.2 Å². The Morgan fingerprint density at radius 1 is 1.39 bits per heavy atom. The second kappa shape index (κ2) is 6.12. The zero-order valence-electron chi connectivity index (χ0n) is 10.5. The van der Waals surface area contributed by atoms with Crippen molar-refractivity contribution in [3.63, 3.8) is 0 Å². The lowest BCUT2D eigenvalue weighted by atomic mass is 10.1. The molecule has 106 valence electrons. The van der Waals surface area contributed by atoms with Gasteiger partial charge < -0.3 is 9.84 Å². The molecule has 4 N–H and O–H groups in total. The van der Waals surface area contributed by atoms with Gasteiger partial charge in [0.05, 0.1) is 0 Å². The second-order valence-electron chi connectivity index (χ2n) is 4.68. The van der Waals surface area contributed by atoms with Gasteiger partial charge in [-0.3, -0.25) is 9.59 Å². The summed E-state index contributed by atoms with van der Waals surface area (Å²) in [5, 5.41) is 13.4. The van der Waals surface area contributed by atoms with Gasteiger partial charge in [-0.15, -0.1) is 0 Å².